The Morgan fingerprint density at radius 2 is 1.75 bits per heavy atom. The molecule has 4 nitrogen and oxygen atoms in total. The van der Waals surface area contributed by atoms with E-state index in [1.165, 1.54) is 0 Å². The largest absolute Gasteiger partial charge is 0.330 e. The standard InChI is InChI=1S/C20H22N2O2/c21-13-16-9-5-11-18(16)20(24)22-17-10-4-8-15(12-17)19(23)14-6-2-1-3-7-14/h1-4,6-8,10,12,16,18H,5,9,11,13,21H2,(H,22,24)/t16-,18-/m1/s1. The molecule has 0 radical (unpaired) electrons. The number of nitrogens with two attached hydrogens (primary N) is 1. The van der Waals surface area contributed by atoms with Crippen molar-refractivity contribution in [2.75, 3.05) is 11.9 Å². The van der Waals surface area contributed by atoms with Crippen molar-refractivity contribution in [1.82, 2.24) is 0 Å². The van der Waals surface area contributed by atoms with E-state index >= 15 is 0 Å². The van der Waals surface area contributed by atoms with E-state index in [2.05, 4.69) is 5.32 Å². The molecule has 0 unspecified atom stereocenters. The summed E-state index contributed by atoms with van der Waals surface area (Å²) in [4.78, 5) is 25.0. The van der Waals surface area contributed by atoms with Crippen LogP contribution in [0.1, 0.15) is 35.2 Å². The Morgan fingerprint density at radius 3 is 2.50 bits per heavy atom. The number of rotatable bonds is 5. The predicted molar refractivity (Wildman–Crippen MR) is 94.8 cm³/mol. The molecule has 0 spiro atoms. The molecule has 1 fully saturated rings. The number of hydrogen-bond donors (Lipinski definition) is 2. The Balaban J connectivity index is 1.74. The summed E-state index contributed by atoms with van der Waals surface area (Å²) in [5.41, 5.74) is 7.62. The van der Waals surface area contributed by atoms with Crippen molar-refractivity contribution < 1.29 is 9.59 Å². The average Bonchev–Trinajstić information content (AvgIpc) is 3.11. The van der Waals surface area contributed by atoms with E-state index in [1.807, 2.05) is 24.3 Å². The van der Waals surface area contributed by atoms with Gasteiger partial charge in [-0.2, -0.15) is 0 Å². The van der Waals surface area contributed by atoms with Crippen LogP contribution >= 0.6 is 0 Å². The summed E-state index contributed by atoms with van der Waals surface area (Å²) in [6.45, 7) is 0.546. The molecule has 0 aromatic heterocycles. The maximum Gasteiger partial charge on any atom is 0.227 e. The normalized spacial score (nSPS) is 19.9. The first-order chi connectivity index (χ1) is 11.7. The number of hydrogen-bond acceptors (Lipinski definition) is 3. The number of carbonyl (C=O) groups excluding carboxylic acids is 2. The number of carbonyl (C=O) groups is 2. The molecule has 0 bridgehead atoms. The Kier molecular flexibility index (Phi) is 5.06. The van der Waals surface area contributed by atoms with Gasteiger partial charge < -0.3 is 11.1 Å². The van der Waals surface area contributed by atoms with Crippen molar-refractivity contribution in [3.63, 3.8) is 0 Å². The number of amides is 1. The lowest BCUT2D eigenvalue weighted by atomic mass is 9.95. The zero-order chi connectivity index (χ0) is 16.9. The fraction of sp³-hybridized carbons (Fsp3) is 0.300. The minimum absolute atomic E-state index is 0.00672. The van der Waals surface area contributed by atoms with Crippen LogP contribution in [0.15, 0.2) is 54.6 Å². The highest BCUT2D eigenvalue weighted by molar-refractivity contribution is 6.09. The van der Waals surface area contributed by atoms with Crippen LogP contribution in [0.3, 0.4) is 0 Å². The maximum atomic E-state index is 12.5. The van der Waals surface area contributed by atoms with Crippen LogP contribution in [-0.4, -0.2) is 18.2 Å². The van der Waals surface area contributed by atoms with Gasteiger partial charge in [0.2, 0.25) is 5.91 Å². The van der Waals surface area contributed by atoms with E-state index in [9.17, 15) is 9.59 Å². The van der Waals surface area contributed by atoms with Crippen LogP contribution in [0.5, 0.6) is 0 Å². The molecule has 1 saturated carbocycles. The van der Waals surface area contributed by atoms with Gasteiger partial charge in [0, 0.05) is 22.7 Å². The van der Waals surface area contributed by atoms with Crippen LogP contribution < -0.4 is 11.1 Å². The fourth-order valence-electron chi connectivity index (χ4n) is 3.39. The van der Waals surface area contributed by atoms with Crippen molar-refractivity contribution in [2.45, 2.75) is 19.3 Å². The molecule has 3 N–H and O–H groups in total. The topological polar surface area (TPSA) is 72.2 Å². The van der Waals surface area contributed by atoms with Gasteiger partial charge in [0.1, 0.15) is 0 Å². The molecule has 1 aliphatic rings. The van der Waals surface area contributed by atoms with E-state index in [-0.39, 0.29) is 23.5 Å². The molecule has 0 aliphatic heterocycles. The molecule has 3 rings (SSSR count). The monoisotopic (exact) mass is 322 g/mol. The molecule has 1 amide bonds. The van der Waals surface area contributed by atoms with E-state index in [1.54, 1.807) is 30.3 Å². The van der Waals surface area contributed by atoms with Gasteiger partial charge in [0.15, 0.2) is 5.78 Å². The Hall–Kier alpha value is -2.46. The summed E-state index contributed by atoms with van der Waals surface area (Å²) in [6, 6.07) is 16.2. The molecule has 2 atom stereocenters. The molecule has 0 saturated heterocycles. The lowest BCUT2D eigenvalue weighted by molar-refractivity contribution is -0.120. The number of nitrogens with one attached hydrogen (secondary N) is 1. The molecule has 4 heteroatoms. The minimum Gasteiger partial charge on any atom is -0.330 e. The predicted octanol–water partition coefficient (Wildman–Crippen LogP) is 3.23. The lowest BCUT2D eigenvalue weighted by Gasteiger charge is -2.17. The third-order valence-corrected chi connectivity index (χ3v) is 4.73. The van der Waals surface area contributed by atoms with Crippen molar-refractivity contribution in [2.24, 2.45) is 17.6 Å². The van der Waals surface area contributed by atoms with Gasteiger partial charge in [-0.25, -0.2) is 0 Å². The molecular weight excluding hydrogens is 300 g/mol. The van der Waals surface area contributed by atoms with E-state index in [0.717, 1.165) is 19.3 Å². The Bertz CT molecular complexity index is 727. The second kappa shape index (κ2) is 7.41. The highest BCUT2D eigenvalue weighted by Gasteiger charge is 2.31. The second-order valence-electron chi connectivity index (χ2n) is 6.30. The maximum absolute atomic E-state index is 12.5. The summed E-state index contributed by atoms with van der Waals surface area (Å²) >= 11 is 0. The molecule has 2 aromatic carbocycles. The van der Waals surface area contributed by atoms with E-state index < -0.39 is 0 Å². The van der Waals surface area contributed by atoms with Crippen molar-refractivity contribution in [3.8, 4) is 0 Å². The Labute approximate surface area is 142 Å². The first-order valence-electron chi connectivity index (χ1n) is 8.40. The zero-order valence-electron chi connectivity index (χ0n) is 13.6. The smallest absolute Gasteiger partial charge is 0.227 e. The van der Waals surface area contributed by atoms with Crippen LogP contribution in [0.25, 0.3) is 0 Å². The third-order valence-electron chi connectivity index (χ3n) is 4.73. The third kappa shape index (κ3) is 3.54. The molecule has 124 valence electrons. The van der Waals surface area contributed by atoms with Crippen LogP contribution in [0.4, 0.5) is 5.69 Å². The fourth-order valence-corrected chi connectivity index (χ4v) is 3.39. The molecule has 1 aliphatic carbocycles. The number of ketones is 1. The van der Waals surface area contributed by atoms with Crippen LogP contribution in [-0.2, 0) is 4.79 Å². The summed E-state index contributed by atoms with van der Waals surface area (Å²) in [6.07, 6.45) is 2.95. The SMILES string of the molecule is NC[C@H]1CCC[C@H]1C(=O)Nc1cccc(C(=O)c2ccccc2)c1. The first-order valence-corrected chi connectivity index (χ1v) is 8.40. The summed E-state index contributed by atoms with van der Waals surface area (Å²) < 4.78 is 0. The van der Waals surface area contributed by atoms with Gasteiger partial charge in [0.05, 0.1) is 0 Å². The quantitative estimate of drug-likeness (QED) is 0.830. The summed E-state index contributed by atoms with van der Waals surface area (Å²) in [7, 11) is 0. The van der Waals surface area contributed by atoms with Gasteiger partial charge in [-0.3, -0.25) is 9.59 Å². The van der Waals surface area contributed by atoms with Gasteiger partial charge in [-0.05, 0) is 37.4 Å². The van der Waals surface area contributed by atoms with Crippen molar-refractivity contribution in [3.05, 3.63) is 65.7 Å². The van der Waals surface area contributed by atoms with Crippen molar-refractivity contribution >= 4 is 17.4 Å². The van der Waals surface area contributed by atoms with Gasteiger partial charge in [-0.1, -0.05) is 48.9 Å². The van der Waals surface area contributed by atoms with Gasteiger partial charge in [-0.15, -0.1) is 0 Å². The van der Waals surface area contributed by atoms with Crippen LogP contribution in [0, 0.1) is 11.8 Å². The molecule has 0 heterocycles. The first kappa shape index (κ1) is 16.4. The van der Waals surface area contributed by atoms with E-state index in [4.69, 9.17) is 5.73 Å². The lowest BCUT2D eigenvalue weighted by Crippen LogP contribution is -2.29. The average molecular weight is 322 g/mol. The molecule has 24 heavy (non-hydrogen) atoms. The summed E-state index contributed by atoms with van der Waals surface area (Å²) in [5.74, 6) is 0.197. The highest BCUT2D eigenvalue weighted by Crippen LogP contribution is 2.32. The molecular formula is C20H22N2O2. The zero-order valence-corrected chi connectivity index (χ0v) is 13.6. The van der Waals surface area contributed by atoms with Crippen molar-refractivity contribution in [1.29, 1.82) is 0 Å². The van der Waals surface area contributed by atoms with Gasteiger partial charge >= 0.3 is 0 Å². The van der Waals surface area contributed by atoms with E-state index in [0.29, 0.717) is 23.4 Å². The second-order valence-corrected chi connectivity index (χ2v) is 6.30. The Morgan fingerprint density at radius 1 is 1.00 bits per heavy atom. The molecule has 2 aromatic rings. The van der Waals surface area contributed by atoms with Crippen LogP contribution in [0.2, 0.25) is 0 Å². The number of benzene rings is 2. The minimum atomic E-state index is -0.0487. The van der Waals surface area contributed by atoms with Gasteiger partial charge in [0.25, 0.3) is 0 Å². The highest BCUT2D eigenvalue weighted by atomic mass is 16.2. The number of anilines is 1. The summed E-state index contributed by atoms with van der Waals surface area (Å²) in [5, 5.41) is 2.95.